The standard InChI is InChI=1S/C21H34NO.HI/c1-2-22(16-9-10-17-22)18-15-21(23,19-11-5-3-6-12-19)20-13-7-4-8-14-20;/h3,5-6,11-12,20,23H,2,4,7-10,13-18H2,1H3;1H/q+1;/p-1. The van der Waals surface area contributed by atoms with E-state index in [1.807, 2.05) is 0 Å². The van der Waals surface area contributed by atoms with Gasteiger partial charge in [-0.25, -0.2) is 0 Å². The highest BCUT2D eigenvalue weighted by Crippen LogP contribution is 2.42. The van der Waals surface area contributed by atoms with Gasteiger partial charge in [-0.15, -0.1) is 0 Å². The van der Waals surface area contributed by atoms with Crippen molar-refractivity contribution in [1.29, 1.82) is 0 Å². The second-order valence-corrected chi connectivity index (χ2v) is 7.91. The van der Waals surface area contributed by atoms with Crippen LogP contribution in [0.15, 0.2) is 30.3 Å². The molecule has 1 saturated carbocycles. The van der Waals surface area contributed by atoms with Gasteiger partial charge < -0.3 is 33.6 Å². The lowest BCUT2D eigenvalue weighted by Crippen LogP contribution is -3.00. The summed E-state index contributed by atoms with van der Waals surface area (Å²) in [6, 6.07) is 10.5. The van der Waals surface area contributed by atoms with Crippen LogP contribution < -0.4 is 24.0 Å². The first kappa shape index (κ1) is 20.2. The molecule has 1 aromatic carbocycles. The Hall–Kier alpha value is -0.130. The van der Waals surface area contributed by atoms with Gasteiger partial charge in [0, 0.05) is 19.3 Å². The van der Waals surface area contributed by atoms with Crippen molar-refractivity contribution in [3.63, 3.8) is 0 Å². The molecule has 1 aliphatic heterocycles. The minimum Gasteiger partial charge on any atom is -1.00 e. The molecule has 2 fully saturated rings. The van der Waals surface area contributed by atoms with E-state index in [9.17, 15) is 5.11 Å². The molecule has 1 unspecified atom stereocenters. The smallest absolute Gasteiger partial charge is 0.0978 e. The zero-order valence-electron chi connectivity index (χ0n) is 15.2. The zero-order chi connectivity index (χ0) is 16.2. The first-order valence-electron chi connectivity index (χ1n) is 9.82. The topological polar surface area (TPSA) is 20.2 Å². The van der Waals surface area contributed by atoms with Crippen molar-refractivity contribution in [2.75, 3.05) is 26.2 Å². The summed E-state index contributed by atoms with van der Waals surface area (Å²) in [5.74, 6) is 0.443. The quantitative estimate of drug-likeness (QED) is 0.522. The molecule has 0 aromatic heterocycles. The van der Waals surface area contributed by atoms with Gasteiger partial charge in [-0.05, 0) is 31.2 Å². The second-order valence-electron chi connectivity index (χ2n) is 7.91. The maximum absolute atomic E-state index is 11.8. The SMILES string of the molecule is CC[N+]1(CCC(O)(c2ccccc2)C2CCCCC2)CCCC1.[I-]. The van der Waals surface area contributed by atoms with E-state index >= 15 is 0 Å². The molecule has 2 nitrogen and oxygen atoms in total. The molecule has 1 aliphatic carbocycles. The van der Waals surface area contributed by atoms with E-state index in [1.165, 1.54) is 69.1 Å². The van der Waals surface area contributed by atoms with E-state index in [4.69, 9.17) is 0 Å². The van der Waals surface area contributed by atoms with Crippen LogP contribution in [0.25, 0.3) is 0 Å². The summed E-state index contributed by atoms with van der Waals surface area (Å²) in [4.78, 5) is 0. The average Bonchev–Trinajstić information content (AvgIpc) is 3.11. The summed E-state index contributed by atoms with van der Waals surface area (Å²) < 4.78 is 1.22. The molecule has 24 heavy (non-hydrogen) atoms. The number of aliphatic hydroxyl groups is 1. The Morgan fingerprint density at radius 2 is 1.62 bits per heavy atom. The Morgan fingerprint density at radius 3 is 2.21 bits per heavy atom. The highest BCUT2D eigenvalue weighted by molar-refractivity contribution is 5.23. The molecule has 136 valence electrons. The van der Waals surface area contributed by atoms with Gasteiger partial charge in [-0.1, -0.05) is 49.6 Å². The lowest BCUT2D eigenvalue weighted by Gasteiger charge is -2.42. The summed E-state index contributed by atoms with van der Waals surface area (Å²) in [6.45, 7) is 7.31. The Labute approximate surface area is 165 Å². The van der Waals surface area contributed by atoms with Crippen molar-refractivity contribution >= 4 is 0 Å². The molecular formula is C21H34INO. The number of halogens is 1. The van der Waals surface area contributed by atoms with Gasteiger partial charge in [0.1, 0.15) is 0 Å². The fourth-order valence-corrected chi connectivity index (χ4v) is 5.00. The van der Waals surface area contributed by atoms with Gasteiger partial charge in [0.05, 0.1) is 31.8 Å². The number of hydrogen-bond donors (Lipinski definition) is 1. The minimum atomic E-state index is -0.620. The van der Waals surface area contributed by atoms with Gasteiger partial charge >= 0.3 is 0 Å². The molecule has 3 heteroatoms. The van der Waals surface area contributed by atoms with Gasteiger partial charge in [-0.2, -0.15) is 0 Å². The molecule has 1 atom stereocenters. The Morgan fingerprint density at radius 1 is 1.00 bits per heavy atom. The van der Waals surface area contributed by atoms with Gasteiger partial charge in [0.25, 0.3) is 0 Å². The molecule has 0 spiro atoms. The Bertz CT molecular complexity index is 480. The largest absolute Gasteiger partial charge is 1.00 e. The van der Waals surface area contributed by atoms with Crippen molar-refractivity contribution in [1.82, 2.24) is 0 Å². The van der Waals surface area contributed by atoms with Crippen LogP contribution in [-0.2, 0) is 5.60 Å². The maximum Gasteiger partial charge on any atom is 0.0978 e. The minimum absolute atomic E-state index is 0. The zero-order valence-corrected chi connectivity index (χ0v) is 17.4. The van der Waals surface area contributed by atoms with Crippen LogP contribution in [0, 0.1) is 5.92 Å². The molecule has 1 saturated heterocycles. The summed E-state index contributed by atoms with van der Waals surface area (Å²) >= 11 is 0. The fourth-order valence-electron chi connectivity index (χ4n) is 5.00. The molecule has 2 aliphatic rings. The number of nitrogens with zero attached hydrogens (tertiary/aromatic N) is 1. The Kier molecular flexibility index (Phi) is 7.57. The number of hydrogen-bond acceptors (Lipinski definition) is 1. The average molecular weight is 443 g/mol. The lowest BCUT2D eigenvalue weighted by molar-refractivity contribution is -0.916. The maximum atomic E-state index is 11.8. The van der Waals surface area contributed by atoms with Crippen LogP contribution in [0.4, 0.5) is 0 Å². The van der Waals surface area contributed by atoms with E-state index in [0.29, 0.717) is 5.92 Å². The summed E-state index contributed by atoms with van der Waals surface area (Å²) in [6.07, 6.45) is 9.95. The normalized spacial score (nSPS) is 23.4. The third-order valence-electron chi connectivity index (χ3n) is 6.71. The van der Waals surface area contributed by atoms with E-state index in [1.54, 1.807) is 0 Å². The predicted octanol–water partition coefficient (Wildman–Crippen LogP) is 1.48. The monoisotopic (exact) mass is 443 g/mol. The van der Waals surface area contributed by atoms with Crippen molar-refractivity contribution in [3.8, 4) is 0 Å². The predicted molar refractivity (Wildman–Crippen MR) is 96.2 cm³/mol. The van der Waals surface area contributed by atoms with Crippen LogP contribution in [0.5, 0.6) is 0 Å². The number of quaternary nitrogens is 1. The van der Waals surface area contributed by atoms with E-state index in [0.717, 1.165) is 18.5 Å². The third kappa shape index (κ3) is 4.34. The van der Waals surface area contributed by atoms with Crippen molar-refractivity contribution in [2.45, 2.75) is 63.9 Å². The molecule has 1 N–H and O–H groups in total. The van der Waals surface area contributed by atoms with Gasteiger partial charge in [0.2, 0.25) is 0 Å². The second kappa shape index (κ2) is 9.00. The van der Waals surface area contributed by atoms with Crippen molar-refractivity contribution in [2.24, 2.45) is 5.92 Å². The molecule has 0 amide bonds. The summed E-state index contributed by atoms with van der Waals surface area (Å²) in [5.41, 5.74) is 0.533. The third-order valence-corrected chi connectivity index (χ3v) is 6.71. The number of benzene rings is 1. The number of rotatable bonds is 6. The highest BCUT2D eigenvalue weighted by atomic mass is 127. The van der Waals surface area contributed by atoms with E-state index in [2.05, 4.69) is 37.3 Å². The Balaban J connectivity index is 0.00000208. The van der Waals surface area contributed by atoms with Crippen LogP contribution in [0.3, 0.4) is 0 Å². The first-order valence-corrected chi connectivity index (χ1v) is 9.82. The van der Waals surface area contributed by atoms with Gasteiger partial charge in [0.15, 0.2) is 0 Å². The molecule has 1 heterocycles. The lowest BCUT2D eigenvalue weighted by atomic mass is 9.71. The van der Waals surface area contributed by atoms with Gasteiger partial charge in [-0.3, -0.25) is 0 Å². The van der Waals surface area contributed by atoms with Crippen molar-refractivity contribution < 1.29 is 33.6 Å². The summed E-state index contributed by atoms with van der Waals surface area (Å²) in [5, 5.41) is 11.8. The van der Waals surface area contributed by atoms with Crippen molar-refractivity contribution in [3.05, 3.63) is 35.9 Å². The molecular weight excluding hydrogens is 409 g/mol. The van der Waals surface area contributed by atoms with E-state index < -0.39 is 5.60 Å². The molecule has 1 aromatic rings. The van der Waals surface area contributed by atoms with Crippen LogP contribution in [-0.4, -0.2) is 35.8 Å². The number of likely N-dealkylation sites (tertiary alicyclic amines) is 1. The van der Waals surface area contributed by atoms with Crippen LogP contribution >= 0.6 is 0 Å². The van der Waals surface area contributed by atoms with E-state index in [-0.39, 0.29) is 24.0 Å². The first-order chi connectivity index (χ1) is 11.2. The molecule has 0 radical (unpaired) electrons. The van der Waals surface area contributed by atoms with Crippen LogP contribution in [0.2, 0.25) is 0 Å². The summed E-state index contributed by atoms with van der Waals surface area (Å²) in [7, 11) is 0. The highest BCUT2D eigenvalue weighted by Gasteiger charge is 2.41. The molecule has 3 rings (SSSR count). The van der Waals surface area contributed by atoms with Crippen LogP contribution in [0.1, 0.15) is 63.9 Å². The molecule has 0 bridgehead atoms. The fraction of sp³-hybridized carbons (Fsp3) is 0.714.